The largest absolute Gasteiger partial charge is 0.0654 e. The first-order valence-electron chi connectivity index (χ1n) is 10.5. The molecule has 0 fully saturated rings. The van der Waals surface area contributed by atoms with Crippen molar-refractivity contribution in [2.45, 2.75) is 132 Å². The first-order chi connectivity index (χ1) is 10.5. The summed E-state index contributed by atoms with van der Waals surface area (Å²) in [5, 5.41) is 0. The minimum absolute atomic E-state index is 0.667. The van der Waals surface area contributed by atoms with Gasteiger partial charge in [0.2, 0.25) is 0 Å². The molecule has 0 bridgehead atoms. The summed E-state index contributed by atoms with van der Waals surface area (Å²) in [5.41, 5.74) is 1.37. The van der Waals surface area contributed by atoms with Gasteiger partial charge in [0.15, 0.2) is 0 Å². The van der Waals surface area contributed by atoms with E-state index in [0.29, 0.717) is 10.8 Å². The third-order valence-electron chi connectivity index (χ3n) is 6.12. The predicted molar refractivity (Wildman–Crippen MR) is 106 cm³/mol. The summed E-state index contributed by atoms with van der Waals surface area (Å²) in [6, 6.07) is 0. The van der Waals surface area contributed by atoms with Crippen LogP contribution in [-0.4, -0.2) is 0 Å². The van der Waals surface area contributed by atoms with E-state index < -0.39 is 0 Å². The van der Waals surface area contributed by atoms with E-state index in [1.807, 2.05) is 0 Å². The number of hydrogen-bond acceptors (Lipinski definition) is 0. The van der Waals surface area contributed by atoms with Crippen LogP contribution in [-0.2, 0) is 0 Å². The molecule has 0 aromatic rings. The standard InChI is InChI=1S/C13H28.C9H20/c1-5-9-13(10-6-2,11-7-3)12-8-4;1-5-9(6-2,7-3)8-4/h5-12H2,1-4H3;5-8H2,1-4H3. The van der Waals surface area contributed by atoms with Gasteiger partial charge in [-0.05, 0) is 36.5 Å². The Morgan fingerprint density at radius 2 is 0.591 bits per heavy atom. The van der Waals surface area contributed by atoms with E-state index in [9.17, 15) is 0 Å². The number of rotatable bonds is 12. The maximum Gasteiger partial charge on any atom is -0.0298 e. The lowest BCUT2D eigenvalue weighted by Crippen LogP contribution is -2.20. The van der Waals surface area contributed by atoms with E-state index in [4.69, 9.17) is 0 Å². The van der Waals surface area contributed by atoms with E-state index in [0.717, 1.165) is 0 Å². The van der Waals surface area contributed by atoms with E-state index in [-0.39, 0.29) is 0 Å². The third kappa shape index (κ3) is 9.21. The molecule has 0 rings (SSSR count). The van der Waals surface area contributed by atoms with Crippen LogP contribution >= 0.6 is 0 Å². The lowest BCUT2D eigenvalue weighted by Gasteiger charge is -2.33. The highest BCUT2D eigenvalue weighted by molar-refractivity contribution is 4.77. The Balaban J connectivity index is 0. The minimum Gasteiger partial charge on any atom is -0.0654 e. The summed E-state index contributed by atoms with van der Waals surface area (Å²) in [6.45, 7) is 18.5. The predicted octanol–water partition coefficient (Wildman–Crippen LogP) is 8.79. The Kier molecular flexibility index (Phi) is 16.1. The fourth-order valence-electron chi connectivity index (χ4n) is 4.37. The van der Waals surface area contributed by atoms with Gasteiger partial charge >= 0.3 is 0 Å². The molecule has 0 radical (unpaired) electrons. The molecule has 0 aromatic heterocycles. The van der Waals surface area contributed by atoms with Crippen LogP contribution in [0.4, 0.5) is 0 Å². The summed E-state index contributed by atoms with van der Waals surface area (Å²) in [6.07, 6.45) is 16.6. The highest BCUT2D eigenvalue weighted by Crippen LogP contribution is 2.39. The molecule has 0 heteroatoms. The van der Waals surface area contributed by atoms with Crippen molar-refractivity contribution in [1.82, 2.24) is 0 Å². The van der Waals surface area contributed by atoms with Gasteiger partial charge in [0.05, 0.1) is 0 Å². The molecule has 0 saturated carbocycles. The second kappa shape index (κ2) is 14.6. The molecule has 0 aromatic carbocycles. The molecule has 22 heavy (non-hydrogen) atoms. The quantitative estimate of drug-likeness (QED) is 0.338. The Morgan fingerprint density at radius 3 is 0.682 bits per heavy atom. The molecule has 0 nitrogen and oxygen atoms in total. The highest BCUT2D eigenvalue weighted by atomic mass is 14.3. The van der Waals surface area contributed by atoms with Crippen molar-refractivity contribution in [3.05, 3.63) is 0 Å². The summed E-state index contributed by atoms with van der Waals surface area (Å²) < 4.78 is 0. The second-order valence-corrected chi connectivity index (χ2v) is 7.41. The average molecular weight is 313 g/mol. The summed E-state index contributed by atoms with van der Waals surface area (Å²) in [7, 11) is 0. The maximum atomic E-state index is 2.33. The minimum atomic E-state index is 0.667. The van der Waals surface area contributed by atoms with E-state index >= 15 is 0 Å². The van der Waals surface area contributed by atoms with Gasteiger partial charge in [-0.3, -0.25) is 0 Å². The smallest absolute Gasteiger partial charge is 0.0298 e. The Morgan fingerprint density at radius 1 is 0.364 bits per heavy atom. The zero-order chi connectivity index (χ0) is 17.5. The summed E-state index contributed by atoms with van der Waals surface area (Å²) >= 11 is 0. The Bertz CT molecular complexity index is 165. The van der Waals surface area contributed by atoms with Crippen molar-refractivity contribution in [2.24, 2.45) is 10.8 Å². The summed E-state index contributed by atoms with van der Waals surface area (Å²) in [4.78, 5) is 0. The average Bonchev–Trinajstić information content (AvgIpc) is 2.52. The Hall–Kier alpha value is 0. The lowest BCUT2D eigenvalue weighted by atomic mass is 9.72. The normalized spacial score (nSPS) is 12.0. The molecule has 0 aliphatic rings. The molecular weight excluding hydrogens is 264 g/mol. The molecule has 0 amide bonds. The second-order valence-electron chi connectivity index (χ2n) is 7.41. The molecule has 0 atom stereocenters. The van der Waals surface area contributed by atoms with Crippen molar-refractivity contribution in [3.63, 3.8) is 0 Å². The van der Waals surface area contributed by atoms with Crippen LogP contribution in [0.1, 0.15) is 132 Å². The van der Waals surface area contributed by atoms with Crippen molar-refractivity contribution in [3.8, 4) is 0 Å². The molecule has 0 aliphatic heterocycles. The fourth-order valence-corrected chi connectivity index (χ4v) is 4.37. The van der Waals surface area contributed by atoms with Gasteiger partial charge in [0.1, 0.15) is 0 Å². The molecule has 0 spiro atoms. The van der Waals surface area contributed by atoms with Crippen molar-refractivity contribution in [2.75, 3.05) is 0 Å². The monoisotopic (exact) mass is 312 g/mol. The van der Waals surface area contributed by atoms with Crippen LogP contribution in [0.25, 0.3) is 0 Å². The molecule has 0 unspecified atom stereocenters. The van der Waals surface area contributed by atoms with Gasteiger partial charge in [0.25, 0.3) is 0 Å². The highest BCUT2D eigenvalue weighted by Gasteiger charge is 2.25. The lowest BCUT2D eigenvalue weighted by molar-refractivity contribution is 0.190. The van der Waals surface area contributed by atoms with E-state index in [1.54, 1.807) is 0 Å². The van der Waals surface area contributed by atoms with Gasteiger partial charge in [-0.2, -0.15) is 0 Å². The van der Waals surface area contributed by atoms with Gasteiger partial charge in [-0.1, -0.05) is 107 Å². The zero-order valence-electron chi connectivity index (χ0n) is 17.5. The van der Waals surface area contributed by atoms with Crippen LogP contribution in [0, 0.1) is 10.8 Å². The topological polar surface area (TPSA) is 0 Å². The van der Waals surface area contributed by atoms with Crippen LogP contribution in [0.2, 0.25) is 0 Å². The molecule has 0 aliphatic carbocycles. The van der Waals surface area contributed by atoms with Crippen molar-refractivity contribution >= 4 is 0 Å². The molecule has 0 heterocycles. The fraction of sp³-hybridized carbons (Fsp3) is 1.00. The molecule has 136 valence electrons. The van der Waals surface area contributed by atoms with Crippen LogP contribution in [0.5, 0.6) is 0 Å². The van der Waals surface area contributed by atoms with Crippen LogP contribution in [0.15, 0.2) is 0 Å². The van der Waals surface area contributed by atoms with Crippen molar-refractivity contribution in [1.29, 1.82) is 0 Å². The van der Waals surface area contributed by atoms with Crippen LogP contribution in [0.3, 0.4) is 0 Å². The van der Waals surface area contributed by atoms with Gasteiger partial charge < -0.3 is 0 Å². The van der Waals surface area contributed by atoms with Gasteiger partial charge in [0, 0.05) is 0 Å². The van der Waals surface area contributed by atoms with Crippen molar-refractivity contribution < 1.29 is 0 Å². The molecule has 0 N–H and O–H groups in total. The first kappa shape index (κ1) is 24.3. The third-order valence-corrected chi connectivity index (χ3v) is 6.12. The van der Waals surface area contributed by atoms with Gasteiger partial charge in [-0.15, -0.1) is 0 Å². The maximum absolute atomic E-state index is 2.33. The van der Waals surface area contributed by atoms with Crippen LogP contribution < -0.4 is 0 Å². The molecular formula is C22H48. The first-order valence-corrected chi connectivity index (χ1v) is 10.5. The SMILES string of the molecule is CCC(CC)(CC)CC.CCCC(CCC)(CCC)CCC. The summed E-state index contributed by atoms with van der Waals surface area (Å²) in [5.74, 6) is 0. The number of hydrogen-bond donors (Lipinski definition) is 0. The zero-order valence-corrected chi connectivity index (χ0v) is 17.5. The van der Waals surface area contributed by atoms with E-state index in [2.05, 4.69) is 55.4 Å². The van der Waals surface area contributed by atoms with E-state index in [1.165, 1.54) is 77.0 Å². The van der Waals surface area contributed by atoms with Gasteiger partial charge in [-0.25, -0.2) is 0 Å². The molecule has 0 saturated heterocycles. The Labute approximate surface area is 143 Å².